The van der Waals surface area contributed by atoms with Crippen LogP contribution in [0.5, 0.6) is 5.75 Å². The van der Waals surface area contributed by atoms with Crippen molar-refractivity contribution in [1.29, 1.82) is 0 Å². The molecule has 2 heterocycles. The van der Waals surface area contributed by atoms with Crippen molar-refractivity contribution in [3.63, 3.8) is 0 Å². The molecule has 0 saturated heterocycles. The third-order valence-corrected chi connectivity index (χ3v) is 3.56. The average molecular weight is 197 g/mol. The van der Waals surface area contributed by atoms with E-state index < -0.39 is 0 Å². The van der Waals surface area contributed by atoms with Gasteiger partial charge in [0.2, 0.25) is 0 Å². The van der Waals surface area contributed by atoms with Gasteiger partial charge in [0.15, 0.2) is 0 Å². The van der Waals surface area contributed by atoms with Crippen molar-refractivity contribution in [3.05, 3.63) is 16.3 Å². The quantitative estimate of drug-likeness (QED) is 0.790. The number of fused-ring (bicyclic) bond motifs is 1. The molecule has 0 bridgehead atoms. The summed E-state index contributed by atoms with van der Waals surface area (Å²) < 4.78 is 5.63. The first-order valence-corrected chi connectivity index (χ1v) is 5.70. The summed E-state index contributed by atoms with van der Waals surface area (Å²) in [4.78, 5) is 1.41. The van der Waals surface area contributed by atoms with Crippen LogP contribution in [0.4, 0.5) is 0 Å². The van der Waals surface area contributed by atoms with Gasteiger partial charge in [-0.3, -0.25) is 0 Å². The van der Waals surface area contributed by atoms with Gasteiger partial charge in [-0.15, -0.1) is 11.3 Å². The van der Waals surface area contributed by atoms with E-state index in [1.54, 1.807) is 11.3 Å². The molecule has 1 unspecified atom stereocenters. The third-order valence-electron chi connectivity index (χ3n) is 2.50. The molecule has 2 N–H and O–H groups in total. The van der Waals surface area contributed by atoms with E-state index in [9.17, 15) is 0 Å². The van der Waals surface area contributed by atoms with Crippen molar-refractivity contribution in [2.45, 2.75) is 25.2 Å². The van der Waals surface area contributed by atoms with Gasteiger partial charge in [0.05, 0.1) is 6.61 Å². The van der Waals surface area contributed by atoms with Gasteiger partial charge in [0.25, 0.3) is 0 Å². The number of ether oxygens (including phenoxy) is 1. The molecule has 1 aliphatic heterocycles. The molecular weight excluding hydrogens is 182 g/mol. The minimum atomic E-state index is 0.641. The summed E-state index contributed by atoms with van der Waals surface area (Å²) in [6.07, 6.45) is 3.48. The van der Waals surface area contributed by atoms with Crippen LogP contribution in [0.25, 0.3) is 0 Å². The minimum absolute atomic E-state index is 0.641. The average Bonchev–Trinajstić information content (AvgIpc) is 2.52. The topological polar surface area (TPSA) is 35.2 Å². The first kappa shape index (κ1) is 9.03. The molecule has 0 radical (unpaired) electrons. The highest BCUT2D eigenvalue weighted by atomic mass is 32.1. The van der Waals surface area contributed by atoms with Gasteiger partial charge in [0, 0.05) is 4.88 Å². The molecule has 13 heavy (non-hydrogen) atoms. The molecule has 0 aliphatic carbocycles. The zero-order chi connectivity index (χ0) is 9.10. The van der Waals surface area contributed by atoms with Crippen LogP contribution in [-0.4, -0.2) is 13.2 Å². The first-order chi connectivity index (χ1) is 6.42. The van der Waals surface area contributed by atoms with Gasteiger partial charge >= 0.3 is 0 Å². The van der Waals surface area contributed by atoms with Gasteiger partial charge in [-0.25, -0.2) is 0 Å². The summed E-state index contributed by atoms with van der Waals surface area (Å²) in [7, 11) is 0. The lowest BCUT2D eigenvalue weighted by atomic mass is 9.98. The van der Waals surface area contributed by atoms with E-state index in [4.69, 9.17) is 10.5 Å². The van der Waals surface area contributed by atoms with Gasteiger partial charge in [-0.05, 0) is 43.2 Å². The molecule has 0 spiro atoms. The summed E-state index contributed by atoms with van der Waals surface area (Å²) in [5.74, 6) is 1.74. The van der Waals surface area contributed by atoms with Crippen LogP contribution in [0.15, 0.2) is 11.4 Å². The molecule has 0 aromatic carbocycles. The zero-order valence-electron chi connectivity index (χ0n) is 7.66. The Morgan fingerprint density at radius 1 is 1.62 bits per heavy atom. The second kappa shape index (κ2) is 4.11. The van der Waals surface area contributed by atoms with Gasteiger partial charge in [-0.1, -0.05) is 0 Å². The monoisotopic (exact) mass is 197 g/mol. The van der Waals surface area contributed by atoms with Crippen molar-refractivity contribution in [2.75, 3.05) is 13.2 Å². The largest absolute Gasteiger partial charge is 0.492 e. The van der Waals surface area contributed by atoms with Crippen molar-refractivity contribution in [2.24, 2.45) is 5.73 Å². The van der Waals surface area contributed by atoms with Crippen LogP contribution in [0.2, 0.25) is 0 Å². The standard InChI is InChI=1S/C10H15NOS/c11-5-3-8-2-1-6-12-9-4-7-13-10(8)9/h4,7-8H,1-3,5-6,11H2. The van der Waals surface area contributed by atoms with Crippen LogP contribution < -0.4 is 10.5 Å². The maximum atomic E-state index is 5.63. The first-order valence-electron chi connectivity index (χ1n) is 4.82. The van der Waals surface area contributed by atoms with Gasteiger partial charge in [-0.2, -0.15) is 0 Å². The Balaban J connectivity index is 2.20. The van der Waals surface area contributed by atoms with Crippen molar-refractivity contribution < 1.29 is 4.74 Å². The summed E-state index contributed by atoms with van der Waals surface area (Å²) in [6, 6.07) is 2.08. The normalized spacial score (nSPS) is 21.8. The third kappa shape index (κ3) is 1.86. The Bertz CT molecular complexity index is 272. The van der Waals surface area contributed by atoms with Crippen molar-refractivity contribution in [1.82, 2.24) is 0 Å². The minimum Gasteiger partial charge on any atom is -0.492 e. The van der Waals surface area contributed by atoms with E-state index in [0.29, 0.717) is 5.92 Å². The van der Waals surface area contributed by atoms with E-state index in [-0.39, 0.29) is 0 Å². The number of hydrogen-bond donors (Lipinski definition) is 1. The van der Waals surface area contributed by atoms with Crippen LogP contribution in [-0.2, 0) is 0 Å². The maximum Gasteiger partial charge on any atom is 0.133 e. The number of hydrogen-bond acceptors (Lipinski definition) is 3. The van der Waals surface area contributed by atoms with Crippen molar-refractivity contribution >= 4 is 11.3 Å². The molecule has 0 fully saturated rings. The lowest BCUT2D eigenvalue weighted by Crippen LogP contribution is -2.05. The van der Waals surface area contributed by atoms with Crippen LogP contribution in [0.3, 0.4) is 0 Å². The highest BCUT2D eigenvalue weighted by molar-refractivity contribution is 7.10. The summed E-state index contributed by atoms with van der Waals surface area (Å²) in [5, 5.41) is 2.11. The van der Waals surface area contributed by atoms with Crippen molar-refractivity contribution in [3.8, 4) is 5.75 Å². The molecule has 1 atom stereocenters. The molecule has 2 nitrogen and oxygen atoms in total. The summed E-state index contributed by atoms with van der Waals surface area (Å²) in [5.41, 5.74) is 5.60. The predicted octanol–water partition coefficient (Wildman–Crippen LogP) is 2.35. The molecule has 1 aliphatic rings. The number of thiophene rings is 1. The van der Waals surface area contributed by atoms with Crippen LogP contribution in [0.1, 0.15) is 30.1 Å². The van der Waals surface area contributed by atoms with Gasteiger partial charge < -0.3 is 10.5 Å². The van der Waals surface area contributed by atoms with E-state index >= 15 is 0 Å². The maximum absolute atomic E-state index is 5.63. The Kier molecular flexibility index (Phi) is 2.86. The molecule has 0 amide bonds. The zero-order valence-corrected chi connectivity index (χ0v) is 8.48. The predicted molar refractivity (Wildman–Crippen MR) is 55.5 cm³/mol. The number of nitrogens with two attached hydrogens (primary N) is 1. The molecule has 72 valence electrons. The smallest absolute Gasteiger partial charge is 0.133 e. The molecule has 2 rings (SSSR count). The fraction of sp³-hybridized carbons (Fsp3) is 0.600. The molecule has 0 saturated carbocycles. The van der Waals surface area contributed by atoms with E-state index in [2.05, 4.69) is 11.4 Å². The Morgan fingerprint density at radius 2 is 2.54 bits per heavy atom. The molecule has 1 aromatic rings. The summed E-state index contributed by atoms with van der Waals surface area (Å²) in [6.45, 7) is 1.65. The van der Waals surface area contributed by atoms with Gasteiger partial charge in [0.1, 0.15) is 5.75 Å². The molecule has 1 aromatic heterocycles. The summed E-state index contributed by atoms with van der Waals surface area (Å²) >= 11 is 1.81. The SMILES string of the molecule is NCCC1CCCOc2ccsc21. The van der Waals surface area contributed by atoms with E-state index in [1.807, 2.05) is 0 Å². The fourth-order valence-electron chi connectivity index (χ4n) is 1.85. The Labute approximate surface area is 82.7 Å². The van der Waals surface area contributed by atoms with Crippen LogP contribution >= 0.6 is 11.3 Å². The Morgan fingerprint density at radius 3 is 3.38 bits per heavy atom. The van der Waals surface area contributed by atoms with Crippen LogP contribution in [0, 0.1) is 0 Å². The second-order valence-corrected chi connectivity index (χ2v) is 4.36. The lowest BCUT2D eigenvalue weighted by Gasteiger charge is -2.11. The molecule has 3 heteroatoms. The Hall–Kier alpha value is -0.540. The fourth-order valence-corrected chi connectivity index (χ4v) is 2.86. The highest BCUT2D eigenvalue weighted by Crippen LogP contribution is 2.38. The number of rotatable bonds is 2. The highest BCUT2D eigenvalue weighted by Gasteiger charge is 2.19. The van der Waals surface area contributed by atoms with E-state index in [1.165, 1.54) is 11.3 Å². The molecular formula is C10H15NOS. The van der Waals surface area contributed by atoms with E-state index in [0.717, 1.165) is 31.7 Å². The lowest BCUT2D eigenvalue weighted by molar-refractivity contribution is 0.316. The second-order valence-electron chi connectivity index (χ2n) is 3.41.